The molecule has 1 atom stereocenters. The molecule has 0 spiro atoms. The average molecular weight is 299 g/mol. The van der Waals surface area contributed by atoms with E-state index in [2.05, 4.69) is 5.32 Å². The van der Waals surface area contributed by atoms with Crippen molar-refractivity contribution in [3.05, 3.63) is 28.8 Å². The van der Waals surface area contributed by atoms with Crippen LogP contribution in [0.5, 0.6) is 5.75 Å². The Kier molecular flexibility index (Phi) is 6.82. The van der Waals surface area contributed by atoms with Crippen LogP contribution in [0.3, 0.4) is 0 Å². The average Bonchev–Trinajstić information content (AvgIpc) is 2.43. The third-order valence-electron chi connectivity index (χ3n) is 3.17. The van der Waals surface area contributed by atoms with Gasteiger partial charge in [0.1, 0.15) is 5.75 Å². The fourth-order valence-corrected chi connectivity index (χ4v) is 2.09. The number of nitrogens with one attached hydrogen (secondary N) is 1. The third kappa shape index (κ3) is 5.02. The van der Waals surface area contributed by atoms with Crippen LogP contribution in [0.25, 0.3) is 0 Å². The van der Waals surface area contributed by atoms with E-state index in [4.69, 9.17) is 22.1 Å². The number of benzene rings is 1. The standard InChI is InChI=1S/C15H23ClN2O2/c1-4-12(5-2)18-15(19)9-20-14-7-6-11(16)8-13(14)10(3)17/h6-8,10,12H,4-5,9,17H2,1-3H3,(H,18,19). The van der Waals surface area contributed by atoms with E-state index in [0.29, 0.717) is 10.8 Å². The number of carbonyl (C=O) groups is 1. The second-order valence-corrected chi connectivity index (χ2v) is 5.28. The van der Waals surface area contributed by atoms with Crippen molar-refractivity contribution in [2.24, 2.45) is 5.73 Å². The maximum absolute atomic E-state index is 11.8. The Morgan fingerprint density at radius 2 is 2.05 bits per heavy atom. The minimum atomic E-state index is -0.203. The number of amides is 1. The molecule has 1 aromatic rings. The van der Waals surface area contributed by atoms with Gasteiger partial charge < -0.3 is 15.8 Å². The van der Waals surface area contributed by atoms with Gasteiger partial charge in [-0.05, 0) is 38.0 Å². The normalized spacial score (nSPS) is 12.3. The summed E-state index contributed by atoms with van der Waals surface area (Å²) in [6, 6.07) is 5.22. The lowest BCUT2D eigenvalue weighted by molar-refractivity contribution is -0.123. The first-order valence-corrected chi connectivity index (χ1v) is 7.32. The van der Waals surface area contributed by atoms with Gasteiger partial charge in [0.15, 0.2) is 6.61 Å². The molecule has 1 amide bonds. The highest BCUT2D eigenvalue weighted by molar-refractivity contribution is 6.30. The fraction of sp³-hybridized carbons (Fsp3) is 0.533. The van der Waals surface area contributed by atoms with Crippen LogP contribution in [0, 0.1) is 0 Å². The lowest BCUT2D eigenvalue weighted by atomic mass is 10.1. The summed E-state index contributed by atoms with van der Waals surface area (Å²) in [6.45, 7) is 5.92. The zero-order chi connectivity index (χ0) is 15.1. The van der Waals surface area contributed by atoms with E-state index in [-0.39, 0.29) is 24.6 Å². The first kappa shape index (κ1) is 16.8. The Labute approximate surface area is 125 Å². The number of halogens is 1. The van der Waals surface area contributed by atoms with Gasteiger partial charge in [-0.1, -0.05) is 25.4 Å². The summed E-state index contributed by atoms with van der Waals surface area (Å²) < 4.78 is 5.55. The third-order valence-corrected chi connectivity index (χ3v) is 3.41. The largest absolute Gasteiger partial charge is 0.483 e. The first-order valence-electron chi connectivity index (χ1n) is 6.95. The van der Waals surface area contributed by atoms with Crippen molar-refractivity contribution in [1.29, 1.82) is 0 Å². The quantitative estimate of drug-likeness (QED) is 0.813. The minimum Gasteiger partial charge on any atom is -0.483 e. The van der Waals surface area contributed by atoms with E-state index in [9.17, 15) is 4.79 Å². The molecule has 4 nitrogen and oxygen atoms in total. The lowest BCUT2D eigenvalue weighted by Crippen LogP contribution is -2.37. The number of hydrogen-bond donors (Lipinski definition) is 2. The van der Waals surface area contributed by atoms with Crippen LogP contribution < -0.4 is 15.8 Å². The second-order valence-electron chi connectivity index (χ2n) is 4.84. The summed E-state index contributed by atoms with van der Waals surface area (Å²) in [5, 5.41) is 3.53. The predicted molar refractivity (Wildman–Crippen MR) is 82.1 cm³/mol. The molecule has 0 bridgehead atoms. The van der Waals surface area contributed by atoms with Gasteiger partial charge in [-0.2, -0.15) is 0 Å². The summed E-state index contributed by atoms with van der Waals surface area (Å²) in [4.78, 5) is 11.8. The predicted octanol–water partition coefficient (Wildman–Crippen LogP) is 3.04. The summed E-state index contributed by atoms with van der Waals surface area (Å²) in [5.41, 5.74) is 6.67. The van der Waals surface area contributed by atoms with Gasteiger partial charge in [-0.15, -0.1) is 0 Å². The Morgan fingerprint density at radius 1 is 1.40 bits per heavy atom. The maximum Gasteiger partial charge on any atom is 0.258 e. The second kappa shape index (κ2) is 8.12. The molecule has 0 heterocycles. The molecule has 0 fully saturated rings. The van der Waals surface area contributed by atoms with Gasteiger partial charge in [0.05, 0.1) is 0 Å². The number of carbonyl (C=O) groups excluding carboxylic acids is 1. The van der Waals surface area contributed by atoms with E-state index in [1.807, 2.05) is 20.8 Å². The molecule has 0 aliphatic rings. The van der Waals surface area contributed by atoms with Gasteiger partial charge >= 0.3 is 0 Å². The number of nitrogens with two attached hydrogens (primary N) is 1. The monoisotopic (exact) mass is 298 g/mol. The van der Waals surface area contributed by atoms with E-state index in [1.54, 1.807) is 18.2 Å². The van der Waals surface area contributed by atoms with Crippen LogP contribution in [-0.4, -0.2) is 18.6 Å². The Hall–Kier alpha value is -1.26. The smallest absolute Gasteiger partial charge is 0.258 e. The van der Waals surface area contributed by atoms with Crippen LogP contribution >= 0.6 is 11.6 Å². The molecule has 5 heteroatoms. The van der Waals surface area contributed by atoms with Gasteiger partial charge in [0.25, 0.3) is 5.91 Å². The fourth-order valence-electron chi connectivity index (χ4n) is 1.91. The van der Waals surface area contributed by atoms with Crippen molar-refractivity contribution in [3.63, 3.8) is 0 Å². The molecule has 1 unspecified atom stereocenters. The molecule has 0 radical (unpaired) electrons. The molecule has 112 valence electrons. The highest BCUT2D eigenvalue weighted by Gasteiger charge is 2.12. The van der Waals surface area contributed by atoms with E-state index in [0.717, 1.165) is 18.4 Å². The molecule has 0 saturated carbocycles. The maximum atomic E-state index is 11.8. The van der Waals surface area contributed by atoms with E-state index >= 15 is 0 Å². The molecular formula is C15H23ClN2O2. The van der Waals surface area contributed by atoms with Crippen LogP contribution in [0.2, 0.25) is 5.02 Å². The highest BCUT2D eigenvalue weighted by atomic mass is 35.5. The minimum absolute atomic E-state index is 0.0160. The van der Waals surface area contributed by atoms with Gasteiger partial charge in [-0.3, -0.25) is 4.79 Å². The van der Waals surface area contributed by atoms with Gasteiger partial charge in [-0.25, -0.2) is 0 Å². The topological polar surface area (TPSA) is 64.3 Å². The highest BCUT2D eigenvalue weighted by Crippen LogP contribution is 2.27. The van der Waals surface area contributed by atoms with Crippen LogP contribution in [0.15, 0.2) is 18.2 Å². The summed E-state index contributed by atoms with van der Waals surface area (Å²) in [5.74, 6) is 0.480. The van der Waals surface area contributed by atoms with Crippen molar-refractivity contribution < 1.29 is 9.53 Å². The van der Waals surface area contributed by atoms with Crippen molar-refractivity contribution in [1.82, 2.24) is 5.32 Å². The molecule has 1 rings (SSSR count). The Balaban J connectivity index is 2.63. The number of ether oxygens (including phenoxy) is 1. The van der Waals surface area contributed by atoms with E-state index < -0.39 is 0 Å². The van der Waals surface area contributed by atoms with Crippen LogP contribution in [0.4, 0.5) is 0 Å². The molecular weight excluding hydrogens is 276 g/mol. The summed E-state index contributed by atoms with van der Waals surface area (Å²) in [7, 11) is 0. The van der Waals surface area contributed by atoms with Gasteiger partial charge in [0, 0.05) is 22.7 Å². The van der Waals surface area contributed by atoms with Crippen molar-refractivity contribution >= 4 is 17.5 Å². The molecule has 0 aliphatic heterocycles. The molecule has 0 aromatic heterocycles. The zero-order valence-electron chi connectivity index (χ0n) is 12.3. The molecule has 20 heavy (non-hydrogen) atoms. The number of rotatable bonds is 7. The number of hydrogen-bond acceptors (Lipinski definition) is 3. The van der Waals surface area contributed by atoms with Crippen LogP contribution in [0.1, 0.15) is 45.2 Å². The van der Waals surface area contributed by atoms with Crippen molar-refractivity contribution in [2.45, 2.75) is 45.7 Å². The first-order chi connectivity index (χ1) is 9.47. The van der Waals surface area contributed by atoms with Crippen LogP contribution in [-0.2, 0) is 4.79 Å². The van der Waals surface area contributed by atoms with Crippen molar-refractivity contribution in [2.75, 3.05) is 6.61 Å². The summed E-state index contributed by atoms with van der Waals surface area (Å²) >= 11 is 5.94. The van der Waals surface area contributed by atoms with Crippen molar-refractivity contribution in [3.8, 4) is 5.75 Å². The SMILES string of the molecule is CCC(CC)NC(=O)COc1ccc(Cl)cc1C(C)N. The molecule has 0 aliphatic carbocycles. The van der Waals surface area contributed by atoms with E-state index in [1.165, 1.54) is 0 Å². The van der Waals surface area contributed by atoms with Gasteiger partial charge in [0.2, 0.25) is 0 Å². The summed E-state index contributed by atoms with van der Waals surface area (Å²) in [6.07, 6.45) is 1.82. The zero-order valence-corrected chi connectivity index (χ0v) is 13.0. The molecule has 1 aromatic carbocycles. The Morgan fingerprint density at radius 3 is 2.60 bits per heavy atom. The Bertz CT molecular complexity index is 445. The molecule has 0 saturated heterocycles. The lowest BCUT2D eigenvalue weighted by Gasteiger charge is -2.17. The molecule has 3 N–H and O–H groups in total.